The predicted molar refractivity (Wildman–Crippen MR) is 78.1 cm³/mol. The zero-order chi connectivity index (χ0) is 13.5. The van der Waals surface area contributed by atoms with E-state index in [0.717, 1.165) is 43.2 Å². The maximum atomic E-state index is 13.4. The molecular weight excluding hydrogens is 261 g/mol. The van der Waals surface area contributed by atoms with Crippen molar-refractivity contribution in [1.82, 2.24) is 5.32 Å². The highest BCUT2D eigenvalue weighted by molar-refractivity contribution is 7.99. The molecule has 1 heterocycles. The minimum atomic E-state index is -0.120. The average molecular weight is 283 g/mol. The van der Waals surface area contributed by atoms with Gasteiger partial charge in [0, 0.05) is 36.4 Å². The Bertz CT molecular complexity index is 382. The van der Waals surface area contributed by atoms with Crippen molar-refractivity contribution in [2.75, 3.05) is 25.5 Å². The van der Waals surface area contributed by atoms with Gasteiger partial charge in [0.2, 0.25) is 0 Å². The second-order valence-corrected chi connectivity index (χ2v) is 6.11. The number of nitrogens with one attached hydrogen (secondary N) is 1. The number of hydrogen-bond acceptors (Lipinski definition) is 3. The molecule has 1 N–H and O–H groups in total. The zero-order valence-electron chi connectivity index (χ0n) is 11.4. The molecule has 1 aliphatic rings. The summed E-state index contributed by atoms with van der Waals surface area (Å²) in [7, 11) is 0. The van der Waals surface area contributed by atoms with Crippen molar-refractivity contribution in [1.29, 1.82) is 0 Å². The lowest BCUT2D eigenvalue weighted by molar-refractivity contribution is 0.0562. The minimum Gasteiger partial charge on any atom is -0.381 e. The maximum Gasteiger partial charge on any atom is 0.136 e. The third kappa shape index (κ3) is 4.79. The van der Waals surface area contributed by atoms with Crippen LogP contribution in [0.3, 0.4) is 0 Å². The summed E-state index contributed by atoms with van der Waals surface area (Å²) in [5.74, 6) is 1.49. The van der Waals surface area contributed by atoms with E-state index in [4.69, 9.17) is 4.74 Å². The van der Waals surface area contributed by atoms with E-state index in [-0.39, 0.29) is 5.82 Å². The Morgan fingerprint density at radius 2 is 2.11 bits per heavy atom. The summed E-state index contributed by atoms with van der Waals surface area (Å²) in [6, 6.07) is 7.47. The summed E-state index contributed by atoms with van der Waals surface area (Å²) in [5.41, 5.74) is 0. The number of hydrogen-bond donors (Lipinski definition) is 1. The lowest BCUT2D eigenvalue weighted by Crippen LogP contribution is -2.37. The normalized spacial score (nSPS) is 18.4. The predicted octanol–water partition coefficient (Wildman–Crippen LogP) is 3.32. The molecule has 1 aliphatic heterocycles. The Hall–Kier alpha value is -0.580. The average Bonchev–Trinajstić information content (AvgIpc) is 2.46. The highest BCUT2D eigenvalue weighted by atomic mass is 32.2. The Kier molecular flexibility index (Phi) is 6.14. The lowest BCUT2D eigenvalue weighted by Gasteiger charge is -2.28. The van der Waals surface area contributed by atoms with E-state index in [1.807, 2.05) is 12.1 Å². The zero-order valence-corrected chi connectivity index (χ0v) is 12.2. The van der Waals surface area contributed by atoms with Crippen LogP contribution >= 0.6 is 11.8 Å². The van der Waals surface area contributed by atoms with Gasteiger partial charge in [-0.05, 0) is 37.8 Å². The largest absolute Gasteiger partial charge is 0.381 e. The summed E-state index contributed by atoms with van der Waals surface area (Å²) in [6.07, 6.45) is 2.29. The molecule has 19 heavy (non-hydrogen) atoms. The van der Waals surface area contributed by atoms with Gasteiger partial charge in [0.05, 0.1) is 0 Å². The molecule has 1 atom stereocenters. The van der Waals surface area contributed by atoms with Crippen molar-refractivity contribution in [2.24, 2.45) is 5.92 Å². The summed E-state index contributed by atoms with van der Waals surface area (Å²) in [6.45, 7) is 4.93. The van der Waals surface area contributed by atoms with Gasteiger partial charge in [-0.2, -0.15) is 0 Å². The topological polar surface area (TPSA) is 21.3 Å². The van der Waals surface area contributed by atoms with Crippen LogP contribution in [-0.2, 0) is 4.74 Å². The molecule has 0 aliphatic carbocycles. The molecule has 1 saturated heterocycles. The minimum absolute atomic E-state index is 0.120. The van der Waals surface area contributed by atoms with Crippen LogP contribution in [-0.4, -0.2) is 31.6 Å². The third-order valence-electron chi connectivity index (χ3n) is 3.64. The SMILES string of the molecule is CC(NCCSc1ccccc1F)C1CCOCC1. The van der Waals surface area contributed by atoms with Crippen molar-refractivity contribution in [3.05, 3.63) is 30.1 Å². The number of ether oxygens (including phenoxy) is 1. The first kappa shape index (κ1) is 14.8. The van der Waals surface area contributed by atoms with Gasteiger partial charge in [0.1, 0.15) is 5.82 Å². The van der Waals surface area contributed by atoms with E-state index in [0.29, 0.717) is 12.0 Å². The first-order valence-electron chi connectivity index (χ1n) is 6.96. The second-order valence-electron chi connectivity index (χ2n) is 4.97. The number of thioether (sulfide) groups is 1. The summed E-state index contributed by atoms with van der Waals surface area (Å²) < 4.78 is 18.8. The Labute approximate surface area is 119 Å². The maximum absolute atomic E-state index is 13.4. The molecule has 0 spiro atoms. The van der Waals surface area contributed by atoms with Crippen molar-refractivity contribution >= 4 is 11.8 Å². The molecule has 1 unspecified atom stereocenters. The van der Waals surface area contributed by atoms with Crippen molar-refractivity contribution in [3.8, 4) is 0 Å². The first-order chi connectivity index (χ1) is 9.27. The van der Waals surface area contributed by atoms with Crippen LogP contribution in [0.5, 0.6) is 0 Å². The standard InChI is InChI=1S/C15H22FNOS/c1-12(13-6-9-18-10-7-13)17-8-11-19-15-5-3-2-4-14(15)16/h2-5,12-13,17H,6-11H2,1H3. The Balaban J connectivity index is 1.65. The van der Waals surface area contributed by atoms with Gasteiger partial charge in [-0.3, -0.25) is 0 Å². The van der Waals surface area contributed by atoms with E-state index < -0.39 is 0 Å². The Morgan fingerprint density at radius 1 is 1.37 bits per heavy atom. The molecule has 0 saturated carbocycles. The molecule has 0 amide bonds. The van der Waals surface area contributed by atoms with Gasteiger partial charge in [-0.15, -0.1) is 11.8 Å². The number of halogens is 1. The van der Waals surface area contributed by atoms with E-state index in [2.05, 4.69) is 12.2 Å². The molecule has 4 heteroatoms. The highest BCUT2D eigenvalue weighted by Gasteiger charge is 2.19. The quantitative estimate of drug-likeness (QED) is 0.639. The van der Waals surface area contributed by atoms with Crippen molar-refractivity contribution in [2.45, 2.75) is 30.7 Å². The third-order valence-corrected chi connectivity index (χ3v) is 4.69. The van der Waals surface area contributed by atoms with Crippen LogP contribution in [0.25, 0.3) is 0 Å². The Morgan fingerprint density at radius 3 is 2.84 bits per heavy atom. The molecule has 2 rings (SSSR count). The van der Waals surface area contributed by atoms with Gasteiger partial charge in [0.15, 0.2) is 0 Å². The number of rotatable bonds is 6. The van der Waals surface area contributed by atoms with Crippen LogP contribution in [0.2, 0.25) is 0 Å². The van der Waals surface area contributed by atoms with Crippen LogP contribution < -0.4 is 5.32 Å². The van der Waals surface area contributed by atoms with E-state index >= 15 is 0 Å². The summed E-state index contributed by atoms with van der Waals surface area (Å²) in [5, 5.41) is 3.54. The van der Waals surface area contributed by atoms with Gasteiger partial charge in [-0.25, -0.2) is 4.39 Å². The molecule has 1 fully saturated rings. The second kappa shape index (κ2) is 7.88. The molecule has 106 valence electrons. The molecule has 1 aromatic carbocycles. The van der Waals surface area contributed by atoms with Crippen molar-refractivity contribution < 1.29 is 9.13 Å². The van der Waals surface area contributed by atoms with Gasteiger partial charge in [0.25, 0.3) is 0 Å². The molecule has 0 radical (unpaired) electrons. The molecule has 0 bridgehead atoms. The fraction of sp³-hybridized carbons (Fsp3) is 0.600. The first-order valence-corrected chi connectivity index (χ1v) is 7.94. The van der Waals surface area contributed by atoms with Gasteiger partial charge >= 0.3 is 0 Å². The van der Waals surface area contributed by atoms with E-state index in [1.54, 1.807) is 17.8 Å². The molecule has 1 aromatic rings. The van der Waals surface area contributed by atoms with Crippen LogP contribution in [0.4, 0.5) is 4.39 Å². The van der Waals surface area contributed by atoms with Crippen LogP contribution in [0.15, 0.2) is 29.2 Å². The van der Waals surface area contributed by atoms with Crippen LogP contribution in [0, 0.1) is 11.7 Å². The summed E-state index contributed by atoms with van der Waals surface area (Å²) >= 11 is 1.57. The molecule has 0 aromatic heterocycles. The van der Waals surface area contributed by atoms with Crippen LogP contribution in [0.1, 0.15) is 19.8 Å². The van der Waals surface area contributed by atoms with E-state index in [9.17, 15) is 4.39 Å². The van der Waals surface area contributed by atoms with Crippen molar-refractivity contribution in [3.63, 3.8) is 0 Å². The molecular formula is C15H22FNOS. The fourth-order valence-corrected chi connectivity index (χ4v) is 3.21. The highest BCUT2D eigenvalue weighted by Crippen LogP contribution is 2.21. The van der Waals surface area contributed by atoms with Gasteiger partial charge < -0.3 is 10.1 Å². The van der Waals surface area contributed by atoms with E-state index in [1.165, 1.54) is 6.07 Å². The lowest BCUT2D eigenvalue weighted by atomic mass is 9.93. The smallest absolute Gasteiger partial charge is 0.136 e. The van der Waals surface area contributed by atoms with Gasteiger partial charge in [-0.1, -0.05) is 12.1 Å². The fourth-order valence-electron chi connectivity index (χ4n) is 2.39. The molecule has 2 nitrogen and oxygen atoms in total. The summed E-state index contributed by atoms with van der Waals surface area (Å²) in [4.78, 5) is 0.739. The number of benzene rings is 1. The monoisotopic (exact) mass is 283 g/mol.